The van der Waals surface area contributed by atoms with Gasteiger partial charge in [-0.15, -0.1) is 0 Å². The molecule has 0 saturated heterocycles. The molecule has 0 unspecified atom stereocenters. The van der Waals surface area contributed by atoms with E-state index in [9.17, 15) is 13.2 Å². The zero-order valence-corrected chi connectivity index (χ0v) is 9.26. The summed E-state index contributed by atoms with van der Waals surface area (Å²) in [6, 6.07) is 5.01. The van der Waals surface area contributed by atoms with E-state index in [1.54, 1.807) is 18.2 Å². The van der Waals surface area contributed by atoms with Crippen molar-refractivity contribution >= 4 is 21.2 Å². The third-order valence-corrected chi connectivity index (χ3v) is 3.90. The molecule has 0 aromatic heterocycles. The van der Waals surface area contributed by atoms with Crippen LogP contribution in [0, 0.1) is 6.92 Å². The van der Waals surface area contributed by atoms with Crippen LogP contribution in [0.1, 0.15) is 18.1 Å². The van der Waals surface area contributed by atoms with Crippen LogP contribution in [0.5, 0.6) is 0 Å². The third kappa shape index (κ3) is 1.51. The number of sulfone groups is 1. The number of fused-ring (bicyclic) bond motifs is 1. The second-order valence-corrected chi connectivity index (χ2v) is 5.40. The van der Waals surface area contributed by atoms with Crippen LogP contribution in [0.15, 0.2) is 28.5 Å². The molecular weight excluding hydrogens is 212 g/mol. The Labute approximate surface area is 88.3 Å². The maximum Gasteiger partial charge on any atom is 0.201 e. The van der Waals surface area contributed by atoms with Gasteiger partial charge in [-0.05, 0) is 26.0 Å². The van der Waals surface area contributed by atoms with Gasteiger partial charge in [0, 0.05) is 16.5 Å². The Morgan fingerprint density at radius 3 is 2.53 bits per heavy atom. The Hall–Kier alpha value is -1.42. The molecule has 0 saturated carbocycles. The Bertz CT molecular complexity index is 580. The number of rotatable bonds is 1. The van der Waals surface area contributed by atoms with Gasteiger partial charge in [0.05, 0.1) is 4.90 Å². The standard InChI is InChI=1S/C11H10O3S/c1-7-3-4-11-9(5-7)10(8(2)12)6-15(11,13)14/h3-6H,1-2H3. The molecule has 1 aromatic carbocycles. The van der Waals surface area contributed by atoms with Gasteiger partial charge in [-0.2, -0.15) is 0 Å². The van der Waals surface area contributed by atoms with Gasteiger partial charge in [0.2, 0.25) is 9.84 Å². The summed E-state index contributed by atoms with van der Waals surface area (Å²) in [5.41, 5.74) is 1.76. The predicted molar refractivity (Wildman–Crippen MR) is 57.0 cm³/mol. The first kappa shape index (κ1) is 10.1. The number of allylic oxidation sites excluding steroid dienone is 1. The molecule has 2 rings (SSSR count). The number of benzene rings is 1. The number of hydrogen-bond donors (Lipinski definition) is 0. The van der Waals surface area contributed by atoms with Crippen LogP contribution in [0.2, 0.25) is 0 Å². The quantitative estimate of drug-likeness (QED) is 0.726. The van der Waals surface area contributed by atoms with E-state index in [0.717, 1.165) is 11.0 Å². The normalized spacial score (nSPS) is 17.1. The summed E-state index contributed by atoms with van der Waals surface area (Å²) in [4.78, 5) is 11.5. The summed E-state index contributed by atoms with van der Waals surface area (Å²) in [7, 11) is -3.40. The molecule has 1 aliphatic rings. The van der Waals surface area contributed by atoms with Crippen molar-refractivity contribution < 1.29 is 13.2 Å². The zero-order valence-electron chi connectivity index (χ0n) is 8.44. The third-order valence-electron chi connectivity index (χ3n) is 2.38. The van der Waals surface area contributed by atoms with Crippen molar-refractivity contribution in [3.05, 3.63) is 34.7 Å². The average Bonchev–Trinajstić information content (AvgIpc) is 2.38. The van der Waals surface area contributed by atoms with Gasteiger partial charge in [-0.1, -0.05) is 11.6 Å². The van der Waals surface area contributed by atoms with E-state index in [-0.39, 0.29) is 16.3 Å². The van der Waals surface area contributed by atoms with Gasteiger partial charge in [-0.25, -0.2) is 8.42 Å². The van der Waals surface area contributed by atoms with E-state index in [1.165, 1.54) is 6.92 Å². The predicted octanol–water partition coefficient (Wildman–Crippen LogP) is 1.71. The Morgan fingerprint density at radius 1 is 1.27 bits per heavy atom. The lowest BCUT2D eigenvalue weighted by Crippen LogP contribution is -1.95. The lowest BCUT2D eigenvalue weighted by Gasteiger charge is -2.02. The summed E-state index contributed by atoms with van der Waals surface area (Å²) < 4.78 is 23.3. The number of carbonyl (C=O) groups is 1. The van der Waals surface area contributed by atoms with Crippen molar-refractivity contribution in [1.29, 1.82) is 0 Å². The second kappa shape index (κ2) is 3.03. The van der Waals surface area contributed by atoms with Crippen molar-refractivity contribution in [2.24, 2.45) is 0 Å². The van der Waals surface area contributed by atoms with Crippen LogP contribution in [0.25, 0.3) is 5.57 Å². The Kier molecular flexibility index (Phi) is 2.04. The van der Waals surface area contributed by atoms with E-state index in [0.29, 0.717) is 5.56 Å². The van der Waals surface area contributed by atoms with Crippen LogP contribution in [0.4, 0.5) is 0 Å². The Morgan fingerprint density at radius 2 is 1.93 bits per heavy atom. The summed E-state index contributed by atoms with van der Waals surface area (Å²) in [6.07, 6.45) is 0. The molecule has 0 fully saturated rings. The van der Waals surface area contributed by atoms with Crippen molar-refractivity contribution in [3.8, 4) is 0 Å². The monoisotopic (exact) mass is 222 g/mol. The van der Waals surface area contributed by atoms with Gasteiger partial charge in [0.1, 0.15) is 0 Å². The first-order valence-electron chi connectivity index (χ1n) is 4.50. The van der Waals surface area contributed by atoms with Gasteiger partial charge >= 0.3 is 0 Å². The molecule has 0 N–H and O–H groups in total. The lowest BCUT2D eigenvalue weighted by molar-refractivity contribution is -0.111. The highest BCUT2D eigenvalue weighted by Crippen LogP contribution is 2.34. The summed E-state index contributed by atoms with van der Waals surface area (Å²) in [5, 5.41) is 1.05. The van der Waals surface area contributed by atoms with Crippen LogP contribution in [-0.2, 0) is 14.6 Å². The molecule has 1 aliphatic heterocycles. The highest BCUT2D eigenvalue weighted by atomic mass is 32.2. The number of Topliss-reactive ketones (excluding diaryl/α,β-unsaturated/α-hetero) is 1. The molecule has 4 heteroatoms. The fourth-order valence-electron chi connectivity index (χ4n) is 1.66. The molecule has 0 atom stereocenters. The fourth-order valence-corrected chi connectivity index (χ4v) is 3.12. The summed E-state index contributed by atoms with van der Waals surface area (Å²) in [5.74, 6) is -0.220. The van der Waals surface area contributed by atoms with Crippen molar-refractivity contribution in [1.82, 2.24) is 0 Å². The fraction of sp³-hybridized carbons (Fsp3) is 0.182. The van der Waals surface area contributed by atoms with Gasteiger partial charge in [-0.3, -0.25) is 4.79 Å². The van der Waals surface area contributed by atoms with Crippen molar-refractivity contribution in [2.75, 3.05) is 0 Å². The average molecular weight is 222 g/mol. The maximum atomic E-state index is 11.7. The molecule has 1 heterocycles. The van der Waals surface area contributed by atoms with Crippen LogP contribution in [-0.4, -0.2) is 14.2 Å². The lowest BCUT2D eigenvalue weighted by atomic mass is 10.0. The zero-order chi connectivity index (χ0) is 11.2. The van der Waals surface area contributed by atoms with Gasteiger partial charge in [0.25, 0.3) is 0 Å². The minimum absolute atomic E-state index is 0.220. The van der Waals surface area contributed by atoms with Crippen molar-refractivity contribution in [2.45, 2.75) is 18.7 Å². The van der Waals surface area contributed by atoms with E-state index < -0.39 is 9.84 Å². The minimum atomic E-state index is -3.40. The Balaban J connectivity index is 2.80. The number of hydrogen-bond acceptors (Lipinski definition) is 3. The first-order chi connectivity index (χ1) is 6.92. The summed E-state index contributed by atoms with van der Waals surface area (Å²) in [6.45, 7) is 3.24. The van der Waals surface area contributed by atoms with E-state index in [2.05, 4.69) is 0 Å². The molecule has 0 aliphatic carbocycles. The highest BCUT2D eigenvalue weighted by molar-refractivity contribution is 7.95. The smallest absolute Gasteiger partial charge is 0.201 e. The van der Waals surface area contributed by atoms with Crippen LogP contribution < -0.4 is 0 Å². The molecule has 1 aromatic rings. The van der Waals surface area contributed by atoms with Crippen molar-refractivity contribution in [3.63, 3.8) is 0 Å². The minimum Gasteiger partial charge on any atom is -0.294 e. The number of carbonyl (C=O) groups excluding carboxylic acids is 1. The molecular formula is C11H10O3S. The number of aryl methyl sites for hydroxylation is 1. The number of ketones is 1. The largest absolute Gasteiger partial charge is 0.294 e. The molecule has 78 valence electrons. The summed E-state index contributed by atoms with van der Waals surface area (Å²) >= 11 is 0. The van der Waals surface area contributed by atoms with Gasteiger partial charge < -0.3 is 0 Å². The maximum absolute atomic E-state index is 11.7. The molecule has 0 amide bonds. The van der Waals surface area contributed by atoms with Gasteiger partial charge in [0.15, 0.2) is 5.78 Å². The van der Waals surface area contributed by atoms with Crippen LogP contribution >= 0.6 is 0 Å². The molecule has 0 radical (unpaired) electrons. The van der Waals surface area contributed by atoms with E-state index >= 15 is 0 Å². The molecule has 0 spiro atoms. The SMILES string of the molecule is CC(=O)C1=CS(=O)(=O)c2ccc(C)cc21. The second-order valence-electron chi connectivity index (χ2n) is 3.63. The molecule has 15 heavy (non-hydrogen) atoms. The topological polar surface area (TPSA) is 51.2 Å². The molecule has 0 bridgehead atoms. The molecule has 3 nitrogen and oxygen atoms in total. The van der Waals surface area contributed by atoms with Crippen LogP contribution in [0.3, 0.4) is 0 Å². The first-order valence-corrected chi connectivity index (χ1v) is 6.05. The van der Waals surface area contributed by atoms with E-state index in [4.69, 9.17) is 0 Å². The highest BCUT2D eigenvalue weighted by Gasteiger charge is 2.28. The van der Waals surface area contributed by atoms with E-state index in [1.807, 2.05) is 6.92 Å².